The van der Waals surface area contributed by atoms with E-state index < -0.39 is 89.5 Å². The van der Waals surface area contributed by atoms with E-state index in [2.05, 4.69) is 0 Å². The topological polar surface area (TPSA) is 297 Å². The van der Waals surface area contributed by atoms with E-state index in [1.165, 1.54) is 0 Å². The second kappa shape index (κ2) is 43.2. The fraction of sp³-hybridized carbons (Fsp3) is 0.981. The van der Waals surface area contributed by atoms with E-state index in [1.807, 2.05) is 27.7 Å². The number of rotatable bonds is 52. The van der Waals surface area contributed by atoms with Gasteiger partial charge in [0.05, 0.1) is 223 Å². The number of carbonyl (C=O) groups excluding carboxylic acids is 1. The Morgan fingerprint density at radius 2 is 0.447 bits per heavy atom. The maximum absolute atomic E-state index is 12.9. The molecule has 0 spiro atoms. The van der Waals surface area contributed by atoms with Gasteiger partial charge in [0, 0.05) is 6.61 Å². The van der Waals surface area contributed by atoms with Gasteiger partial charge in [-0.2, -0.15) is 0 Å². The second-order valence-electron chi connectivity index (χ2n) is 21.9. The molecule has 23 heteroatoms. The van der Waals surface area contributed by atoms with Crippen molar-refractivity contribution in [1.82, 2.24) is 0 Å². The van der Waals surface area contributed by atoms with Crippen LogP contribution in [-0.2, 0) is 71.1 Å². The Hall–Kier alpha value is -1.53. The molecule has 76 heavy (non-hydrogen) atoms. The third-order valence-electron chi connectivity index (χ3n) is 10.3. The number of carbonyl (C=O) groups is 1. The lowest BCUT2D eigenvalue weighted by atomic mass is 9.92. The summed E-state index contributed by atoms with van der Waals surface area (Å²) in [6.07, 6.45) is -8.22. The first-order valence-corrected chi connectivity index (χ1v) is 26.9. The molecule has 0 saturated carbocycles. The van der Waals surface area contributed by atoms with E-state index in [9.17, 15) is 40.5 Å². The fourth-order valence-corrected chi connectivity index (χ4v) is 7.05. The minimum atomic E-state index is -0.951. The van der Waals surface area contributed by atoms with Crippen LogP contribution in [0.3, 0.4) is 0 Å². The van der Waals surface area contributed by atoms with Gasteiger partial charge in [-0.05, 0) is 82.1 Å². The molecule has 11 atom stereocenters. The minimum absolute atomic E-state index is 0.00329. The molecular weight excluding hydrogens is 1000 g/mol. The molecule has 0 aromatic carbocycles. The Labute approximate surface area is 454 Å². The highest BCUT2D eigenvalue weighted by Crippen LogP contribution is 2.25. The summed E-state index contributed by atoms with van der Waals surface area (Å²) in [5.41, 5.74) is -2.58. The van der Waals surface area contributed by atoms with Gasteiger partial charge in [0.25, 0.3) is 0 Å². The Bertz CT molecular complexity index is 1270. The maximum atomic E-state index is 12.9. The van der Waals surface area contributed by atoms with Gasteiger partial charge in [0.1, 0.15) is 12.2 Å². The fourth-order valence-electron chi connectivity index (χ4n) is 7.05. The summed E-state index contributed by atoms with van der Waals surface area (Å²) in [5, 5.41) is 69.1. The molecule has 0 bridgehead atoms. The second-order valence-corrected chi connectivity index (χ2v) is 21.9. The van der Waals surface area contributed by atoms with Crippen molar-refractivity contribution in [3.63, 3.8) is 0 Å². The van der Waals surface area contributed by atoms with Crippen LogP contribution >= 0.6 is 0 Å². The van der Waals surface area contributed by atoms with E-state index in [-0.39, 0.29) is 158 Å². The lowest BCUT2D eigenvalue weighted by molar-refractivity contribution is -0.145. The molecular formula is C53H106O23. The molecule has 0 aromatic rings. The molecule has 0 saturated heterocycles. The molecule has 0 aliphatic heterocycles. The van der Waals surface area contributed by atoms with Gasteiger partial charge in [0.15, 0.2) is 0 Å². The molecule has 0 amide bonds. The van der Waals surface area contributed by atoms with Crippen molar-refractivity contribution in [1.29, 1.82) is 0 Å². The molecule has 23 nitrogen and oxygen atoms in total. The van der Waals surface area contributed by atoms with Crippen molar-refractivity contribution in [3.05, 3.63) is 0 Å². The van der Waals surface area contributed by atoms with Gasteiger partial charge in [-0.1, -0.05) is 13.8 Å². The van der Waals surface area contributed by atoms with Gasteiger partial charge >= 0.3 is 6.16 Å². The third-order valence-corrected chi connectivity index (χ3v) is 10.3. The van der Waals surface area contributed by atoms with Crippen LogP contribution in [0.5, 0.6) is 0 Å². The Morgan fingerprint density at radius 3 is 0.632 bits per heavy atom. The standard InChI is InChI=1S/C53H106O23/c1-38(2)14-62-26-51(27-63-15-39(3)54,28-64-16-40(4)55)34-72-24-48(12)75-50(61)76-49(13)25-73-37-53(32-68-20-44(8)59,33-69-21-45(9)60)36-71-23-47(11)74-46(10)22-70-35-52(29-65-17-41(5)56,30-66-18-42(6)57)31-67-19-43(7)58/h38-49,54-60H,14-37H2,1-13H3. The summed E-state index contributed by atoms with van der Waals surface area (Å²) in [4.78, 5) is 12.9. The highest BCUT2D eigenvalue weighted by Gasteiger charge is 2.36. The van der Waals surface area contributed by atoms with E-state index in [4.69, 9.17) is 71.1 Å². The van der Waals surface area contributed by atoms with Crippen molar-refractivity contribution >= 4 is 6.16 Å². The van der Waals surface area contributed by atoms with Crippen LogP contribution in [0.4, 0.5) is 4.79 Å². The molecule has 0 rings (SSSR count). The number of aliphatic hydroxyl groups is 7. The highest BCUT2D eigenvalue weighted by molar-refractivity contribution is 5.60. The van der Waals surface area contributed by atoms with Gasteiger partial charge in [-0.3, -0.25) is 0 Å². The van der Waals surface area contributed by atoms with Gasteiger partial charge in [0.2, 0.25) is 0 Å². The van der Waals surface area contributed by atoms with Crippen LogP contribution < -0.4 is 0 Å². The van der Waals surface area contributed by atoms with Gasteiger partial charge < -0.3 is 107 Å². The van der Waals surface area contributed by atoms with Crippen molar-refractivity contribution in [2.75, 3.05) is 159 Å². The molecule has 0 fully saturated rings. The summed E-state index contributed by atoms with van der Waals surface area (Å²) in [5.74, 6) is 0.271. The zero-order valence-corrected chi connectivity index (χ0v) is 48.6. The van der Waals surface area contributed by atoms with Crippen LogP contribution in [0.15, 0.2) is 0 Å². The van der Waals surface area contributed by atoms with Gasteiger partial charge in [-0.15, -0.1) is 0 Å². The first kappa shape index (κ1) is 74.5. The molecule has 0 aliphatic rings. The van der Waals surface area contributed by atoms with Crippen LogP contribution in [0, 0.1) is 22.2 Å². The van der Waals surface area contributed by atoms with Crippen molar-refractivity contribution < 1.29 is 112 Å². The summed E-state index contributed by atoms with van der Waals surface area (Å²) in [6.45, 7) is 24.8. The zero-order chi connectivity index (χ0) is 57.6. The normalized spacial score (nSPS) is 19.1. The quantitative estimate of drug-likeness (QED) is 0.0430. The maximum Gasteiger partial charge on any atom is 0.508 e. The summed E-state index contributed by atoms with van der Waals surface area (Å²) in [7, 11) is 0. The number of hydrogen-bond acceptors (Lipinski definition) is 23. The smallest absolute Gasteiger partial charge is 0.429 e. The monoisotopic (exact) mass is 1110 g/mol. The predicted octanol–water partition coefficient (Wildman–Crippen LogP) is 2.19. The largest absolute Gasteiger partial charge is 0.508 e. The molecule has 0 radical (unpaired) electrons. The molecule has 0 aromatic heterocycles. The average molecular weight is 1110 g/mol. The van der Waals surface area contributed by atoms with Crippen LogP contribution in [0.1, 0.15) is 90.0 Å². The Morgan fingerprint density at radius 1 is 0.276 bits per heavy atom. The summed E-state index contributed by atoms with van der Waals surface area (Å²) in [6, 6.07) is 0. The summed E-state index contributed by atoms with van der Waals surface area (Å²) < 4.78 is 88.6. The van der Waals surface area contributed by atoms with Crippen LogP contribution in [0.25, 0.3) is 0 Å². The van der Waals surface area contributed by atoms with Crippen molar-refractivity contribution in [3.8, 4) is 0 Å². The number of aliphatic hydroxyl groups excluding tert-OH is 7. The molecule has 7 N–H and O–H groups in total. The zero-order valence-electron chi connectivity index (χ0n) is 48.6. The van der Waals surface area contributed by atoms with E-state index in [0.717, 1.165) is 0 Å². The van der Waals surface area contributed by atoms with Crippen LogP contribution in [-0.4, -0.2) is 268 Å². The molecule has 0 heterocycles. The first-order valence-electron chi connectivity index (χ1n) is 26.9. The predicted molar refractivity (Wildman–Crippen MR) is 280 cm³/mol. The van der Waals surface area contributed by atoms with E-state index in [0.29, 0.717) is 6.61 Å². The van der Waals surface area contributed by atoms with E-state index >= 15 is 0 Å². The Kier molecular flexibility index (Phi) is 42.4. The molecule has 456 valence electrons. The SMILES string of the molecule is CC(C)COCC(COCC(C)O)(COCC(C)O)COCC(C)OC(=O)OC(C)COCC(COCC(C)O)(COCC(C)O)COCC(C)OC(C)COCC(COCC(C)O)(COCC(C)O)COCC(C)O. The number of ether oxygens (including phenoxy) is 15. The average Bonchev–Trinajstić information content (AvgIpc) is 3.27. The molecule has 0 aliphatic carbocycles. The van der Waals surface area contributed by atoms with Crippen molar-refractivity contribution in [2.24, 2.45) is 22.2 Å². The third kappa shape index (κ3) is 41.5. The van der Waals surface area contributed by atoms with Gasteiger partial charge in [-0.25, -0.2) is 4.79 Å². The van der Waals surface area contributed by atoms with Crippen molar-refractivity contribution in [2.45, 2.75) is 157 Å². The minimum Gasteiger partial charge on any atom is -0.429 e. The van der Waals surface area contributed by atoms with E-state index in [1.54, 1.807) is 62.3 Å². The highest BCUT2D eigenvalue weighted by atomic mass is 16.7. The lowest BCUT2D eigenvalue weighted by Gasteiger charge is -2.34. The summed E-state index contributed by atoms with van der Waals surface area (Å²) >= 11 is 0. The Balaban J connectivity index is 5.73. The first-order chi connectivity index (χ1) is 35.7. The number of hydrogen-bond donors (Lipinski definition) is 7. The molecule has 11 unspecified atom stereocenters. The van der Waals surface area contributed by atoms with Crippen LogP contribution in [0.2, 0.25) is 0 Å². The lowest BCUT2D eigenvalue weighted by Crippen LogP contribution is -2.44.